The molecule has 4 nitrogen and oxygen atoms in total. The molecule has 1 atom stereocenters. The number of thioether (sulfide) groups is 1. The second kappa shape index (κ2) is 7.88. The Hall–Kier alpha value is -1.20. The van der Waals surface area contributed by atoms with E-state index in [2.05, 4.69) is 0 Å². The first-order valence-corrected chi connectivity index (χ1v) is 8.64. The zero-order valence-corrected chi connectivity index (χ0v) is 14.1. The number of carbonyl (C=O) groups excluding carboxylic acids is 1. The van der Waals surface area contributed by atoms with Crippen molar-refractivity contribution in [3.8, 4) is 0 Å². The fourth-order valence-electron chi connectivity index (χ4n) is 2.63. The first-order chi connectivity index (χ1) is 10.5. The van der Waals surface area contributed by atoms with E-state index in [1.807, 2.05) is 36.1 Å². The summed E-state index contributed by atoms with van der Waals surface area (Å²) in [6.45, 7) is 3.22. The summed E-state index contributed by atoms with van der Waals surface area (Å²) in [6, 6.07) is 7.46. The minimum absolute atomic E-state index is 0.119. The highest BCUT2D eigenvalue weighted by Crippen LogP contribution is 2.28. The van der Waals surface area contributed by atoms with Crippen LogP contribution in [-0.2, 0) is 9.59 Å². The Balaban J connectivity index is 1.84. The van der Waals surface area contributed by atoms with Crippen LogP contribution in [0.1, 0.15) is 26.2 Å². The lowest BCUT2D eigenvalue weighted by Gasteiger charge is -2.33. The maximum absolute atomic E-state index is 12.5. The van der Waals surface area contributed by atoms with Gasteiger partial charge in [0.2, 0.25) is 5.91 Å². The topological polar surface area (TPSA) is 57.6 Å². The van der Waals surface area contributed by atoms with Crippen molar-refractivity contribution in [2.24, 2.45) is 5.92 Å². The maximum Gasteiger partial charge on any atom is 0.303 e. The zero-order valence-electron chi connectivity index (χ0n) is 12.5. The number of hydrogen-bond donors (Lipinski definition) is 1. The number of benzene rings is 1. The molecule has 0 spiro atoms. The first-order valence-electron chi connectivity index (χ1n) is 7.38. The molecule has 1 unspecified atom stereocenters. The first kappa shape index (κ1) is 17.2. The average molecular weight is 342 g/mol. The Morgan fingerprint density at radius 3 is 2.45 bits per heavy atom. The van der Waals surface area contributed by atoms with Crippen LogP contribution in [0, 0.1) is 5.92 Å². The van der Waals surface area contributed by atoms with E-state index in [1.165, 1.54) is 11.8 Å². The number of carboxylic acid groups (broad SMARTS) is 1. The molecule has 1 aliphatic heterocycles. The van der Waals surface area contributed by atoms with Crippen molar-refractivity contribution in [1.29, 1.82) is 0 Å². The average Bonchev–Trinajstić information content (AvgIpc) is 2.49. The van der Waals surface area contributed by atoms with Gasteiger partial charge in [-0.15, -0.1) is 11.8 Å². The van der Waals surface area contributed by atoms with Crippen LogP contribution in [0.3, 0.4) is 0 Å². The van der Waals surface area contributed by atoms with Crippen LogP contribution in [0.4, 0.5) is 0 Å². The number of rotatable bonds is 5. The third kappa shape index (κ3) is 4.92. The molecule has 6 heteroatoms. The van der Waals surface area contributed by atoms with Crippen molar-refractivity contribution in [1.82, 2.24) is 4.90 Å². The summed E-state index contributed by atoms with van der Waals surface area (Å²) >= 11 is 7.38. The third-order valence-corrected chi connectivity index (χ3v) is 5.22. The fourth-order valence-corrected chi connectivity index (χ4v) is 3.71. The van der Waals surface area contributed by atoms with Gasteiger partial charge >= 0.3 is 5.97 Å². The molecule has 0 aliphatic carbocycles. The molecule has 0 bridgehead atoms. The molecule has 1 N–H and O–H groups in total. The zero-order chi connectivity index (χ0) is 16.1. The largest absolute Gasteiger partial charge is 0.481 e. The van der Waals surface area contributed by atoms with Gasteiger partial charge in [-0.3, -0.25) is 9.59 Å². The van der Waals surface area contributed by atoms with Crippen LogP contribution < -0.4 is 0 Å². The lowest BCUT2D eigenvalue weighted by Crippen LogP contribution is -2.42. The minimum atomic E-state index is -0.753. The summed E-state index contributed by atoms with van der Waals surface area (Å²) < 4.78 is 0. The predicted molar refractivity (Wildman–Crippen MR) is 88.3 cm³/mol. The van der Waals surface area contributed by atoms with Gasteiger partial charge in [-0.25, -0.2) is 0 Å². The molecule has 22 heavy (non-hydrogen) atoms. The number of piperidine rings is 1. The molecule has 120 valence electrons. The Morgan fingerprint density at radius 2 is 1.91 bits per heavy atom. The van der Waals surface area contributed by atoms with E-state index in [0.29, 0.717) is 18.1 Å². The Morgan fingerprint density at radius 1 is 1.32 bits per heavy atom. The summed E-state index contributed by atoms with van der Waals surface area (Å²) in [5, 5.41) is 9.35. The second-order valence-corrected chi connectivity index (χ2v) is 7.43. The molecule has 1 fully saturated rings. The van der Waals surface area contributed by atoms with Crippen LogP contribution >= 0.6 is 23.4 Å². The number of likely N-dealkylation sites (tertiary alicyclic amines) is 1. The highest BCUT2D eigenvalue weighted by Gasteiger charge is 2.27. The molecule has 1 aromatic rings. The summed E-state index contributed by atoms with van der Waals surface area (Å²) in [6.07, 6.45) is 1.75. The predicted octanol–water partition coefficient (Wildman–Crippen LogP) is 3.53. The van der Waals surface area contributed by atoms with Crippen LogP contribution in [0.15, 0.2) is 29.2 Å². The van der Waals surface area contributed by atoms with Crippen LogP contribution in [0.25, 0.3) is 0 Å². The molecule has 2 rings (SSSR count). The normalized spacial score (nSPS) is 17.3. The minimum Gasteiger partial charge on any atom is -0.481 e. The SMILES string of the molecule is CC(Sc1ccc(Cl)cc1)C(=O)N1CCC(CC(=O)O)CC1. The molecule has 1 saturated heterocycles. The molecule has 1 aliphatic rings. The van der Waals surface area contributed by atoms with Gasteiger partial charge in [0, 0.05) is 29.4 Å². The standard InChI is InChI=1S/C16H20ClNO3S/c1-11(22-14-4-2-13(17)3-5-14)16(21)18-8-6-12(7-9-18)10-15(19)20/h2-5,11-12H,6-10H2,1H3,(H,19,20). The van der Waals surface area contributed by atoms with Gasteiger partial charge in [-0.05, 0) is 49.9 Å². The van der Waals surface area contributed by atoms with Gasteiger partial charge in [0.25, 0.3) is 0 Å². The van der Waals surface area contributed by atoms with Crippen molar-refractivity contribution in [3.05, 3.63) is 29.3 Å². The molecule has 1 aromatic carbocycles. The van der Waals surface area contributed by atoms with E-state index < -0.39 is 5.97 Å². The maximum atomic E-state index is 12.5. The lowest BCUT2D eigenvalue weighted by atomic mass is 9.93. The summed E-state index contributed by atoms with van der Waals surface area (Å²) in [5.74, 6) is -0.439. The number of hydrogen-bond acceptors (Lipinski definition) is 3. The van der Waals surface area contributed by atoms with Gasteiger partial charge in [-0.2, -0.15) is 0 Å². The van der Waals surface area contributed by atoms with Gasteiger partial charge in [0.15, 0.2) is 0 Å². The van der Waals surface area contributed by atoms with Gasteiger partial charge in [0.1, 0.15) is 0 Å². The molecular formula is C16H20ClNO3S. The Kier molecular flexibility index (Phi) is 6.15. The number of halogens is 1. The van der Waals surface area contributed by atoms with E-state index in [1.54, 1.807) is 0 Å². The van der Waals surface area contributed by atoms with E-state index >= 15 is 0 Å². The number of nitrogens with zero attached hydrogens (tertiary/aromatic N) is 1. The van der Waals surface area contributed by atoms with Crippen LogP contribution in [0.2, 0.25) is 5.02 Å². The number of amides is 1. The quantitative estimate of drug-likeness (QED) is 0.832. The molecule has 0 radical (unpaired) electrons. The van der Waals surface area contributed by atoms with Crippen molar-refractivity contribution in [2.75, 3.05) is 13.1 Å². The van der Waals surface area contributed by atoms with Crippen molar-refractivity contribution < 1.29 is 14.7 Å². The number of carboxylic acids is 1. The number of aliphatic carboxylic acids is 1. The van der Waals surface area contributed by atoms with Gasteiger partial charge in [0.05, 0.1) is 5.25 Å². The Bertz CT molecular complexity index is 527. The van der Waals surface area contributed by atoms with Crippen molar-refractivity contribution in [3.63, 3.8) is 0 Å². The molecule has 1 heterocycles. The van der Waals surface area contributed by atoms with E-state index in [-0.39, 0.29) is 23.5 Å². The van der Waals surface area contributed by atoms with Crippen LogP contribution in [0.5, 0.6) is 0 Å². The summed E-state index contributed by atoms with van der Waals surface area (Å²) in [7, 11) is 0. The highest BCUT2D eigenvalue weighted by molar-refractivity contribution is 8.00. The molecular weight excluding hydrogens is 322 g/mol. The fraction of sp³-hybridized carbons (Fsp3) is 0.500. The van der Waals surface area contributed by atoms with Crippen molar-refractivity contribution in [2.45, 2.75) is 36.3 Å². The molecule has 1 amide bonds. The van der Waals surface area contributed by atoms with E-state index in [4.69, 9.17) is 16.7 Å². The Labute approximate surface area is 139 Å². The third-order valence-electron chi connectivity index (χ3n) is 3.86. The monoisotopic (exact) mass is 341 g/mol. The highest BCUT2D eigenvalue weighted by atomic mass is 35.5. The molecule has 0 aromatic heterocycles. The van der Waals surface area contributed by atoms with Gasteiger partial charge in [-0.1, -0.05) is 11.6 Å². The summed E-state index contributed by atoms with van der Waals surface area (Å²) in [4.78, 5) is 26.1. The summed E-state index contributed by atoms with van der Waals surface area (Å²) in [5.41, 5.74) is 0. The lowest BCUT2D eigenvalue weighted by molar-refractivity contribution is -0.138. The van der Waals surface area contributed by atoms with Gasteiger partial charge < -0.3 is 10.0 Å². The van der Waals surface area contributed by atoms with E-state index in [9.17, 15) is 9.59 Å². The second-order valence-electron chi connectivity index (χ2n) is 5.58. The smallest absolute Gasteiger partial charge is 0.303 e. The number of carbonyl (C=O) groups is 2. The van der Waals surface area contributed by atoms with Crippen LogP contribution in [-0.4, -0.2) is 40.2 Å². The van der Waals surface area contributed by atoms with E-state index in [0.717, 1.165) is 17.7 Å². The molecule has 0 saturated carbocycles. The van der Waals surface area contributed by atoms with Crippen molar-refractivity contribution >= 4 is 35.2 Å².